The zero-order valence-corrected chi connectivity index (χ0v) is 14.2. The quantitative estimate of drug-likeness (QED) is 0.720. The van der Waals surface area contributed by atoms with E-state index < -0.39 is 29.3 Å². The molecule has 1 aliphatic carbocycles. The highest BCUT2D eigenvalue weighted by molar-refractivity contribution is 5.73. The largest absolute Gasteiger partial charge is 0.481 e. The second-order valence-electron chi connectivity index (χ2n) is 7.79. The molecule has 0 spiro atoms. The lowest BCUT2D eigenvalue weighted by Gasteiger charge is -2.52. The maximum Gasteiger partial charge on any atom is 0.410 e. The van der Waals surface area contributed by atoms with Gasteiger partial charge in [0.1, 0.15) is 5.60 Å². The van der Waals surface area contributed by atoms with Gasteiger partial charge in [0, 0.05) is 19.1 Å². The van der Waals surface area contributed by atoms with Gasteiger partial charge in [-0.15, -0.1) is 0 Å². The monoisotopic (exact) mass is 328 g/mol. The molecular formula is C16H28N2O5. The van der Waals surface area contributed by atoms with Crippen molar-refractivity contribution in [3.05, 3.63) is 0 Å². The Morgan fingerprint density at radius 1 is 1.26 bits per heavy atom. The van der Waals surface area contributed by atoms with E-state index in [1.807, 2.05) is 0 Å². The summed E-state index contributed by atoms with van der Waals surface area (Å²) in [7, 11) is 0. The van der Waals surface area contributed by atoms with E-state index in [0.29, 0.717) is 0 Å². The third kappa shape index (κ3) is 4.81. The molecule has 2 rings (SSSR count). The van der Waals surface area contributed by atoms with E-state index >= 15 is 0 Å². The summed E-state index contributed by atoms with van der Waals surface area (Å²) in [6.07, 6.45) is 2.62. The Morgan fingerprint density at radius 3 is 2.39 bits per heavy atom. The summed E-state index contributed by atoms with van der Waals surface area (Å²) in [5.74, 6) is -0.911. The summed E-state index contributed by atoms with van der Waals surface area (Å²) < 4.78 is 5.31. The Bertz CT molecular complexity index is 454. The maximum absolute atomic E-state index is 12.1. The van der Waals surface area contributed by atoms with E-state index in [0.717, 1.165) is 25.7 Å². The van der Waals surface area contributed by atoms with Gasteiger partial charge in [0.2, 0.25) is 0 Å². The van der Waals surface area contributed by atoms with Gasteiger partial charge < -0.3 is 25.2 Å². The minimum atomic E-state index is -0.911. The second-order valence-corrected chi connectivity index (χ2v) is 7.79. The van der Waals surface area contributed by atoms with Gasteiger partial charge in [-0.25, -0.2) is 4.79 Å². The molecule has 1 saturated heterocycles. The van der Waals surface area contributed by atoms with E-state index in [1.165, 1.54) is 4.90 Å². The number of aliphatic hydroxyl groups is 1. The normalized spacial score (nSPS) is 27.2. The van der Waals surface area contributed by atoms with Gasteiger partial charge in [-0.05, 0) is 33.6 Å². The highest BCUT2D eigenvalue weighted by Gasteiger charge is 2.49. The van der Waals surface area contributed by atoms with Crippen LogP contribution in [-0.2, 0) is 9.53 Å². The Balaban J connectivity index is 1.97. The van der Waals surface area contributed by atoms with Crippen molar-refractivity contribution in [2.45, 2.75) is 76.2 Å². The fraction of sp³-hybridized carbons (Fsp3) is 0.875. The average molecular weight is 328 g/mol. The molecule has 0 bridgehead atoms. The van der Waals surface area contributed by atoms with Crippen molar-refractivity contribution < 1.29 is 24.5 Å². The molecule has 0 aromatic rings. The molecule has 2 atom stereocenters. The molecule has 1 heterocycles. The molecule has 1 amide bonds. The predicted molar refractivity (Wildman–Crippen MR) is 84.2 cm³/mol. The van der Waals surface area contributed by atoms with E-state index in [9.17, 15) is 19.8 Å². The summed E-state index contributed by atoms with van der Waals surface area (Å²) in [6.45, 7) is 5.97. The Kier molecular flexibility index (Phi) is 5.20. The summed E-state index contributed by atoms with van der Waals surface area (Å²) in [4.78, 5) is 24.8. The molecule has 0 radical (unpaired) electrons. The van der Waals surface area contributed by atoms with Crippen LogP contribution in [0, 0.1) is 0 Å². The van der Waals surface area contributed by atoms with Crippen molar-refractivity contribution in [1.82, 2.24) is 10.2 Å². The summed E-state index contributed by atoms with van der Waals surface area (Å²) in [5, 5.41) is 22.6. The minimum absolute atomic E-state index is 0.0739. The van der Waals surface area contributed by atoms with Crippen LogP contribution in [-0.4, -0.2) is 63.6 Å². The predicted octanol–water partition coefficient (Wildman–Crippen LogP) is 1.34. The molecule has 1 aliphatic heterocycles. The number of carbonyl (C=O) groups is 2. The van der Waals surface area contributed by atoms with Gasteiger partial charge in [-0.2, -0.15) is 0 Å². The molecule has 1 saturated carbocycles. The fourth-order valence-electron chi connectivity index (χ4n) is 3.36. The van der Waals surface area contributed by atoms with E-state index in [4.69, 9.17) is 4.74 Å². The number of rotatable bonds is 4. The van der Waals surface area contributed by atoms with Crippen LogP contribution in [0.5, 0.6) is 0 Å². The Labute approximate surface area is 137 Å². The van der Waals surface area contributed by atoms with Crippen LogP contribution in [0.25, 0.3) is 0 Å². The van der Waals surface area contributed by atoms with Crippen LogP contribution in [0.1, 0.15) is 52.9 Å². The first kappa shape index (κ1) is 18.0. The number of amides is 1. The lowest BCUT2D eigenvalue weighted by atomic mass is 9.82. The van der Waals surface area contributed by atoms with Gasteiger partial charge >= 0.3 is 12.1 Å². The van der Waals surface area contributed by atoms with Gasteiger partial charge in [0.05, 0.1) is 18.1 Å². The molecular weight excluding hydrogens is 300 g/mol. The topological polar surface area (TPSA) is 99.1 Å². The Morgan fingerprint density at radius 2 is 1.87 bits per heavy atom. The SMILES string of the molecule is CC(C)(C)OC(=O)N1CC(CC(=O)O)(NC2CCCCC2O)C1. The molecule has 132 valence electrons. The van der Waals surface area contributed by atoms with Crippen molar-refractivity contribution >= 4 is 12.1 Å². The van der Waals surface area contributed by atoms with Gasteiger partial charge in [0.25, 0.3) is 0 Å². The number of aliphatic carboxylic acids is 1. The van der Waals surface area contributed by atoms with Crippen LogP contribution in [0.3, 0.4) is 0 Å². The van der Waals surface area contributed by atoms with Crippen LogP contribution >= 0.6 is 0 Å². The maximum atomic E-state index is 12.1. The smallest absolute Gasteiger partial charge is 0.410 e. The molecule has 23 heavy (non-hydrogen) atoms. The number of likely N-dealkylation sites (tertiary alicyclic amines) is 1. The van der Waals surface area contributed by atoms with Crippen LogP contribution in [0.15, 0.2) is 0 Å². The average Bonchev–Trinajstić information content (AvgIpc) is 2.35. The van der Waals surface area contributed by atoms with Crippen LogP contribution in [0.2, 0.25) is 0 Å². The zero-order chi connectivity index (χ0) is 17.3. The number of hydrogen-bond donors (Lipinski definition) is 3. The first-order valence-corrected chi connectivity index (χ1v) is 8.26. The lowest BCUT2D eigenvalue weighted by Crippen LogP contribution is -2.73. The molecule has 7 nitrogen and oxygen atoms in total. The molecule has 2 unspecified atom stereocenters. The van der Waals surface area contributed by atoms with Crippen molar-refractivity contribution in [3.8, 4) is 0 Å². The zero-order valence-electron chi connectivity index (χ0n) is 14.2. The van der Waals surface area contributed by atoms with E-state index in [-0.39, 0.29) is 25.6 Å². The third-order valence-electron chi connectivity index (χ3n) is 4.35. The number of aliphatic hydroxyl groups excluding tert-OH is 1. The van der Waals surface area contributed by atoms with Gasteiger partial charge in [-0.1, -0.05) is 12.8 Å². The molecule has 0 aromatic carbocycles. The molecule has 2 fully saturated rings. The molecule has 2 aliphatic rings. The molecule has 7 heteroatoms. The standard InChI is InChI=1S/C16H28N2O5/c1-15(2,3)23-14(22)18-9-16(10-18,8-13(20)21)17-11-6-4-5-7-12(11)19/h11-12,17,19H,4-10H2,1-3H3,(H,20,21). The lowest BCUT2D eigenvalue weighted by molar-refractivity contribution is -0.141. The van der Waals surface area contributed by atoms with Crippen molar-refractivity contribution in [1.29, 1.82) is 0 Å². The second kappa shape index (κ2) is 6.65. The van der Waals surface area contributed by atoms with Crippen molar-refractivity contribution in [2.75, 3.05) is 13.1 Å². The number of ether oxygens (including phenoxy) is 1. The number of hydrogen-bond acceptors (Lipinski definition) is 5. The Hall–Kier alpha value is -1.34. The first-order valence-electron chi connectivity index (χ1n) is 8.26. The number of nitrogens with zero attached hydrogens (tertiary/aromatic N) is 1. The highest BCUT2D eigenvalue weighted by Crippen LogP contribution is 2.30. The minimum Gasteiger partial charge on any atom is -0.481 e. The summed E-state index contributed by atoms with van der Waals surface area (Å²) >= 11 is 0. The van der Waals surface area contributed by atoms with Gasteiger partial charge in [0.15, 0.2) is 0 Å². The number of carboxylic acids is 1. The van der Waals surface area contributed by atoms with Crippen molar-refractivity contribution in [3.63, 3.8) is 0 Å². The third-order valence-corrected chi connectivity index (χ3v) is 4.35. The highest BCUT2D eigenvalue weighted by atomic mass is 16.6. The fourth-order valence-corrected chi connectivity index (χ4v) is 3.36. The van der Waals surface area contributed by atoms with E-state index in [1.54, 1.807) is 20.8 Å². The molecule has 3 N–H and O–H groups in total. The van der Waals surface area contributed by atoms with Gasteiger partial charge in [-0.3, -0.25) is 4.79 Å². The number of nitrogens with one attached hydrogen (secondary N) is 1. The van der Waals surface area contributed by atoms with E-state index in [2.05, 4.69) is 5.32 Å². The van der Waals surface area contributed by atoms with Crippen molar-refractivity contribution in [2.24, 2.45) is 0 Å². The number of carboxylic acid groups (broad SMARTS) is 1. The number of carbonyl (C=O) groups excluding carboxylic acids is 1. The summed E-state index contributed by atoms with van der Waals surface area (Å²) in [5.41, 5.74) is -1.25. The van der Waals surface area contributed by atoms with Crippen LogP contribution < -0.4 is 5.32 Å². The molecule has 0 aromatic heterocycles. The van der Waals surface area contributed by atoms with Crippen LogP contribution in [0.4, 0.5) is 4.79 Å². The summed E-state index contributed by atoms with van der Waals surface area (Å²) in [6, 6.07) is -0.108. The first-order chi connectivity index (χ1) is 10.6.